The first-order chi connectivity index (χ1) is 12.4. The zero-order chi connectivity index (χ0) is 16.6. The Balaban J connectivity index is 1.51. The van der Waals surface area contributed by atoms with E-state index in [2.05, 4.69) is 27.3 Å². The van der Waals surface area contributed by atoms with E-state index in [1.54, 1.807) is 6.20 Å². The second-order valence-corrected chi connectivity index (χ2v) is 6.32. The second kappa shape index (κ2) is 5.89. The molecule has 0 radical (unpaired) electrons. The minimum atomic E-state index is 0.0623. The Morgan fingerprint density at radius 1 is 1.16 bits per heavy atom. The summed E-state index contributed by atoms with van der Waals surface area (Å²) >= 11 is 0. The third-order valence-corrected chi connectivity index (χ3v) is 4.69. The van der Waals surface area contributed by atoms with Crippen LogP contribution in [0, 0.1) is 0 Å². The average Bonchev–Trinajstić information content (AvgIpc) is 3.40. The predicted octanol–water partition coefficient (Wildman–Crippen LogP) is 4.25. The molecule has 1 aliphatic rings. The topological polar surface area (TPSA) is 68.9 Å². The molecule has 0 aliphatic carbocycles. The number of imidazole rings is 1. The molecule has 0 amide bonds. The molecule has 6 heteroatoms. The third-order valence-electron chi connectivity index (χ3n) is 4.69. The minimum Gasteiger partial charge on any atom is -0.455 e. The van der Waals surface area contributed by atoms with Crippen molar-refractivity contribution in [3.63, 3.8) is 0 Å². The number of hydrogen-bond acceptors (Lipinski definition) is 4. The van der Waals surface area contributed by atoms with E-state index in [1.165, 1.54) is 6.42 Å². The normalized spacial score (nSPS) is 18.0. The Kier molecular flexibility index (Phi) is 3.41. The number of rotatable bonds is 3. The Morgan fingerprint density at radius 3 is 3.08 bits per heavy atom. The molecular weight excluding hydrogens is 316 g/mol. The molecule has 4 heterocycles. The van der Waals surface area contributed by atoms with E-state index in [-0.39, 0.29) is 6.10 Å². The van der Waals surface area contributed by atoms with Gasteiger partial charge in [-0.05, 0) is 49.6 Å². The fraction of sp³-hybridized carbons (Fsp3) is 0.263. The van der Waals surface area contributed by atoms with Gasteiger partial charge < -0.3 is 9.15 Å². The van der Waals surface area contributed by atoms with Gasteiger partial charge in [0, 0.05) is 30.1 Å². The summed E-state index contributed by atoms with van der Waals surface area (Å²) in [4.78, 5) is 4.49. The molecule has 126 valence electrons. The summed E-state index contributed by atoms with van der Waals surface area (Å²) in [5.41, 5.74) is 2.00. The zero-order valence-corrected chi connectivity index (χ0v) is 13.7. The molecule has 1 fully saturated rings. The number of nitrogens with zero attached hydrogens (tertiary/aromatic N) is 3. The Hall–Kier alpha value is -2.86. The van der Waals surface area contributed by atoms with E-state index in [4.69, 9.17) is 9.15 Å². The van der Waals surface area contributed by atoms with Crippen molar-refractivity contribution in [3.05, 3.63) is 54.7 Å². The molecule has 4 aromatic rings. The van der Waals surface area contributed by atoms with Gasteiger partial charge in [-0.25, -0.2) is 4.98 Å². The van der Waals surface area contributed by atoms with Crippen LogP contribution in [0.1, 0.15) is 31.1 Å². The van der Waals surface area contributed by atoms with Gasteiger partial charge in [-0.1, -0.05) is 0 Å². The number of fused-ring (bicyclic) bond motifs is 1. The molecule has 1 atom stereocenters. The number of H-pyrrole nitrogens is 1. The number of benzene rings is 1. The molecule has 0 spiro atoms. The van der Waals surface area contributed by atoms with Crippen LogP contribution in [-0.4, -0.2) is 26.4 Å². The summed E-state index contributed by atoms with van der Waals surface area (Å²) in [6.07, 6.45) is 8.92. The molecular formula is C19H18N4O2. The van der Waals surface area contributed by atoms with Crippen molar-refractivity contribution in [1.82, 2.24) is 19.7 Å². The number of ether oxygens (including phenoxy) is 1. The van der Waals surface area contributed by atoms with Crippen LogP contribution in [0.4, 0.5) is 0 Å². The summed E-state index contributed by atoms with van der Waals surface area (Å²) in [6, 6.07) is 10.1. The third kappa shape index (κ3) is 2.55. The van der Waals surface area contributed by atoms with E-state index in [0.717, 1.165) is 53.4 Å². The molecule has 6 nitrogen and oxygen atoms in total. The van der Waals surface area contributed by atoms with Gasteiger partial charge in [0.1, 0.15) is 11.9 Å². The van der Waals surface area contributed by atoms with Crippen molar-refractivity contribution < 1.29 is 9.15 Å². The van der Waals surface area contributed by atoms with Crippen molar-refractivity contribution in [2.75, 3.05) is 6.61 Å². The number of aromatic amines is 1. The van der Waals surface area contributed by atoms with Crippen LogP contribution in [-0.2, 0) is 4.74 Å². The maximum atomic E-state index is 6.07. The molecule has 1 N–H and O–H groups in total. The first-order valence-electron chi connectivity index (χ1n) is 8.57. The van der Waals surface area contributed by atoms with Gasteiger partial charge >= 0.3 is 0 Å². The first-order valence-corrected chi connectivity index (χ1v) is 8.57. The van der Waals surface area contributed by atoms with Crippen molar-refractivity contribution >= 4 is 10.9 Å². The standard InChI is InChI=1S/C19H18N4O2/c1-2-10-24-16(3-1)17-6-7-18(25-17)19-20-8-9-23(19)14-5-4-13-12-21-22-15(13)11-14/h4-9,11-12,16H,1-3,10H2,(H,21,22). The number of aromatic nitrogens is 4. The quantitative estimate of drug-likeness (QED) is 0.608. The summed E-state index contributed by atoms with van der Waals surface area (Å²) in [5, 5.41) is 8.17. The van der Waals surface area contributed by atoms with Crippen LogP contribution < -0.4 is 0 Å². The Labute approximate surface area is 144 Å². The van der Waals surface area contributed by atoms with Crippen molar-refractivity contribution in [3.8, 4) is 17.3 Å². The predicted molar refractivity (Wildman–Crippen MR) is 93.5 cm³/mol. The molecule has 1 unspecified atom stereocenters. The molecule has 5 rings (SSSR count). The summed E-state index contributed by atoms with van der Waals surface area (Å²) in [6.45, 7) is 0.805. The van der Waals surface area contributed by atoms with Gasteiger partial charge in [-0.2, -0.15) is 5.10 Å². The van der Waals surface area contributed by atoms with E-state index in [1.807, 2.05) is 35.2 Å². The van der Waals surface area contributed by atoms with Crippen LogP contribution >= 0.6 is 0 Å². The van der Waals surface area contributed by atoms with Gasteiger partial charge in [0.05, 0.1) is 11.7 Å². The fourth-order valence-electron chi connectivity index (χ4n) is 3.38. The average molecular weight is 334 g/mol. The molecule has 1 aromatic carbocycles. The Morgan fingerprint density at radius 2 is 2.16 bits per heavy atom. The summed E-state index contributed by atoms with van der Waals surface area (Å²) < 4.78 is 13.9. The van der Waals surface area contributed by atoms with Gasteiger partial charge in [-0.15, -0.1) is 0 Å². The largest absolute Gasteiger partial charge is 0.455 e. The van der Waals surface area contributed by atoms with Gasteiger partial charge in [0.2, 0.25) is 0 Å². The minimum absolute atomic E-state index is 0.0623. The highest BCUT2D eigenvalue weighted by Crippen LogP contribution is 2.32. The zero-order valence-electron chi connectivity index (χ0n) is 13.7. The lowest BCUT2D eigenvalue weighted by atomic mass is 10.1. The van der Waals surface area contributed by atoms with E-state index < -0.39 is 0 Å². The number of nitrogens with one attached hydrogen (secondary N) is 1. The molecule has 1 saturated heterocycles. The van der Waals surface area contributed by atoms with Crippen molar-refractivity contribution in [2.24, 2.45) is 0 Å². The van der Waals surface area contributed by atoms with Crippen LogP contribution in [0.3, 0.4) is 0 Å². The fourth-order valence-corrected chi connectivity index (χ4v) is 3.38. The van der Waals surface area contributed by atoms with Crippen molar-refractivity contribution in [1.29, 1.82) is 0 Å². The number of furan rings is 1. The molecule has 0 saturated carbocycles. The van der Waals surface area contributed by atoms with Crippen LogP contribution in [0.15, 0.2) is 53.3 Å². The maximum Gasteiger partial charge on any atom is 0.180 e. The highest BCUT2D eigenvalue weighted by molar-refractivity contribution is 5.80. The monoisotopic (exact) mass is 334 g/mol. The summed E-state index contributed by atoms with van der Waals surface area (Å²) in [5.74, 6) is 2.41. The van der Waals surface area contributed by atoms with Crippen LogP contribution in [0.25, 0.3) is 28.2 Å². The van der Waals surface area contributed by atoms with Crippen LogP contribution in [0.2, 0.25) is 0 Å². The molecule has 25 heavy (non-hydrogen) atoms. The van der Waals surface area contributed by atoms with E-state index in [0.29, 0.717) is 0 Å². The highest BCUT2D eigenvalue weighted by Gasteiger charge is 2.21. The van der Waals surface area contributed by atoms with Crippen molar-refractivity contribution in [2.45, 2.75) is 25.4 Å². The second-order valence-electron chi connectivity index (χ2n) is 6.32. The van der Waals surface area contributed by atoms with Gasteiger partial charge in [-0.3, -0.25) is 9.67 Å². The highest BCUT2D eigenvalue weighted by atomic mass is 16.5. The lowest BCUT2D eigenvalue weighted by Gasteiger charge is -2.20. The number of hydrogen-bond donors (Lipinski definition) is 1. The van der Waals surface area contributed by atoms with Gasteiger partial charge in [0.15, 0.2) is 11.6 Å². The van der Waals surface area contributed by atoms with Gasteiger partial charge in [0.25, 0.3) is 0 Å². The lowest BCUT2D eigenvalue weighted by Crippen LogP contribution is -2.10. The van der Waals surface area contributed by atoms with E-state index >= 15 is 0 Å². The first kappa shape index (κ1) is 14.5. The SMILES string of the molecule is c1cn(-c2ccc3cn[nH]c3c2)c(-c2ccc(C3CCCCO3)o2)n1. The molecule has 1 aliphatic heterocycles. The molecule has 0 bridgehead atoms. The lowest BCUT2D eigenvalue weighted by molar-refractivity contribution is 0.00219. The Bertz CT molecular complexity index is 1010. The maximum absolute atomic E-state index is 6.07. The summed E-state index contributed by atoms with van der Waals surface area (Å²) in [7, 11) is 0. The van der Waals surface area contributed by atoms with E-state index in [9.17, 15) is 0 Å². The van der Waals surface area contributed by atoms with Crippen LogP contribution in [0.5, 0.6) is 0 Å². The molecule has 3 aromatic heterocycles. The smallest absolute Gasteiger partial charge is 0.180 e.